The van der Waals surface area contributed by atoms with Crippen molar-refractivity contribution in [3.63, 3.8) is 0 Å². The second-order valence-electron chi connectivity index (χ2n) is 4.08. The van der Waals surface area contributed by atoms with Crippen LogP contribution in [-0.2, 0) is 0 Å². The van der Waals surface area contributed by atoms with Gasteiger partial charge in [-0.25, -0.2) is 0 Å². The predicted octanol–water partition coefficient (Wildman–Crippen LogP) is 2.15. The molecule has 0 heterocycles. The normalized spacial score (nSPS) is 13.1. The molecule has 0 saturated heterocycles. The quantitative estimate of drug-likeness (QED) is 0.747. The molecule has 15 heavy (non-hydrogen) atoms. The first kappa shape index (κ1) is 11.9. The molecule has 0 aliphatic heterocycles. The summed E-state index contributed by atoms with van der Waals surface area (Å²) in [5.74, 6) is 0.239. The fraction of sp³-hybridized carbons (Fsp3) is 0.500. The van der Waals surface area contributed by atoms with Gasteiger partial charge in [-0.15, -0.1) is 0 Å². The highest BCUT2D eigenvalue weighted by Crippen LogP contribution is 2.35. The zero-order valence-corrected chi connectivity index (χ0v) is 9.57. The Bertz CT molecular complexity index is 323. The average molecular weight is 209 g/mol. The van der Waals surface area contributed by atoms with Crippen LogP contribution in [0.2, 0.25) is 0 Å². The van der Waals surface area contributed by atoms with Crippen molar-refractivity contribution in [2.24, 2.45) is 0 Å². The van der Waals surface area contributed by atoms with Crippen LogP contribution in [0.3, 0.4) is 0 Å². The summed E-state index contributed by atoms with van der Waals surface area (Å²) in [7, 11) is 4.00. The number of phenolic OH excluding ortho intramolecular Hbond substituents is 2. The SMILES string of the molecule is CCC(CN(C)C)c1cccc(O)c1O. The van der Waals surface area contributed by atoms with Crippen LogP contribution in [0.4, 0.5) is 0 Å². The summed E-state index contributed by atoms with van der Waals surface area (Å²) in [5.41, 5.74) is 0.825. The van der Waals surface area contributed by atoms with E-state index in [0.29, 0.717) is 0 Å². The zero-order valence-electron chi connectivity index (χ0n) is 9.57. The topological polar surface area (TPSA) is 43.7 Å². The summed E-state index contributed by atoms with van der Waals surface area (Å²) in [6.07, 6.45) is 0.940. The Morgan fingerprint density at radius 3 is 2.47 bits per heavy atom. The van der Waals surface area contributed by atoms with Gasteiger partial charge in [0, 0.05) is 18.0 Å². The molecular weight excluding hydrogens is 190 g/mol. The Kier molecular flexibility index (Phi) is 3.97. The molecular formula is C12H19NO2. The second-order valence-corrected chi connectivity index (χ2v) is 4.08. The third kappa shape index (κ3) is 2.86. The van der Waals surface area contributed by atoms with Gasteiger partial charge in [-0.05, 0) is 26.6 Å². The van der Waals surface area contributed by atoms with Gasteiger partial charge >= 0.3 is 0 Å². The molecule has 0 aromatic heterocycles. The van der Waals surface area contributed by atoms with Crippen molar-refractivity contribution < 1.29 is 10.2 Å². The molecule has 0 aliphatic carbocycles. The minimum atomic E-state index is -0.0373. The average Bonchev–Trinajstić information content (AvgIpc) is 2.19. The van der Waals surface area contributed by atoms with Gasteiger partial charge < -0.3 is 15.1 Å². The van der Waals surface area contributed by atoms with E-state index in [2.05, 4.69) is 11.8 Å². The van der Waals surface area contributed by atoms with Crippen LogP contribution in [0, 0.1) is 0 Å². The van der Waals surface area contributed by atoms with Crippen LogP contribution in [-0.4, -0.2) is 35.8 Å². The van der Waals surface area contributed by atoms with Gasteiger partial charge in [0.1, 0.15) is 0 Å². The molecule has 84 valence electrons. The van der Waals surface area contributed by atoms with E-state index in [9.17, 15) is 10.2 Å². The van der Waals surface area contributed by atoms with Gasteiger partial charge in [0.15, 0.2) is 11.5 Å². The molecule has 0 aliphatic rings. The third-order valence-corrected chi connectivity index (χ3v) is 2.56. The van der Waals surface area contributed by atoms with Gasteiger partial charge in [0.25, 0.3) is 0 Å². The van der Waals surface area contributed by atoms with Gasteiger partial charge in [-0.2, -0.15) is 0 Å². The Labute approximate surface area is 91.0 Å². The van der Waals surface area contributed by atoms with Crippen LogP contribution in [0.1, 0.15) is 24.8 Å². The van der Waals surface area contributed by atoms with Crippen molar-refractivity contribution >= 4 is 0 Å². The van der Waals surface area contributed by atoms with E-state index in [1.165, 1.54) is 6.07 Å². The summed E-state index contributed by atoms with van der Waals surface area (Å²) in [5, 5.41) is 19.2. The molecule has 3 heteroatoms. The molecule has 1 rings (SSSR count). The third-order valence-electron chi connectivity index (χ3n) is 2.56. The van der Waals surface area contributed by atoms with E-state index in [-0.39, 0.29) is 17.4 Å². The van der Waals surface area contributed by atoms with E-state index in [0.717, 1.165) is 18.5 Å². The maximum absolute atomic E-state index is 9.74. The molecule has 1 atom stereocenters. The number of hydrogen-bond acceptors (Lipinski definition) is 3. The fourth-order valence-corrected chi connectivity index (χ4v) is 1.77. The molecule has 0 radical (unpaired) electrons. The zero-order chi connectivity index (χ0) is 11.4. The highest BCUT2D eigenvalue weighted by molar-refractivity contribution is 5.46. The predicted molar refractivity (Wildman–Crippen MR) is 61.4 cm³/mol. The first-order valence-corrected chi connectivity index (χ1v) is 5.21. The molecule has 0 fully saturated rings. The van der Waals surface area contributed by atoms with E-state index in [1.807, 2.05) is 20.2 Å². The molecule has 0 bridgehead atoms. The van der Waals surface area contributed by atoms with E-state index >= 15 is 0 Å². The number of nitrogens with zero attached hydrogens (tertiary/aromatic N) is 1. The summed E-state index contributed by atoms with van der Waals surface area (Å²) in [4.78, 5) is 2.08. The molecule has 3 nitrogen and oxygen atoms in total. The van der Waals surface area contributed by atoms with Crippen molar-refractivity contribution in [3.05, 3.63) is 23.8 Å². The monoisotopic (exact) mass is 209 g/mol. The summed E-state index contributed by atoms with van der Waals surface area (Å²) in [6, 6.07) is 5.14. The number of rotatable bonds is 4. The van der Waals surface area contributed by atoms with Gasteiger partial charge in [0.05, 0.1) is 0 Å². The van der Waals surface area contributed by atoms with E-state index < -0.39 is 0 Å². The lowest BCUT2D eigenvalue weighted by Crippen LogP contribution is -2.20. The first-order valence-electron chi connectivity index (χ1n) is 5.21. The van der Waals surface area contributed by atoms with E-state index in [4.69, 9.17) is 0 Å². The van der Waals surface area contributed by atoms with Crippen LogP contribution < -0.4 is 0 Å². The Morgan fingerprint density at radius 1 is 1.27 bits per heavy atom. The molecule has 0 saturated carbocycles. The molecule has 1 aromatic carbocycles. The Hall–Kier alpha value is -1.22. The minimum absolute atomic E-state index is 0.0196. The van der Waals surface area contributed by atoms with Gasteiger partial charge in [-0.1, -0.05) is 19.1 Å². The van der Waals surface area contributed by atoms with Crippen molar-refractivity contribution in [1.82, 2.24) is 4.90 Å². The maximum atomic E-state index is 9.74. The van der Waals surface area contributed by atoms with Crippen LogP contribution in [0.25, 0.3) is 0 Å². The van der Waals surface area contributed by atoms with Gasteiger partial charge in [-0.3, -0.25) is 0 Å². The van der Waals surface area contributed by atoms with Crippen LogP contribution in [0.15, 0.2) is 18.2 Å². The molecule has 2 N–H and O–H groups in total. The Morgan fingerprint density at radius 2 is 1.93 bits per heavy atom. The number of para-hydroxylation sites is 1. The highest BCUT2D eigenvalue weighted by Gasteiger charge is 2.16. The van der Waals surface area contributed by atoms with Crippen LogP contribution >= 0.6 is 0 Å². The second kappa shape index (κ2) is 5.03. The number of benzene rings is 1. The summed E-state index contributed by atoms with van der Waals surface area (Å²) < 4.78 is 0. The van der Waals surface area contributed by atoms with Crippen molar-refractivity contribution in [1.29, 1.82) is 0 Å². The lowest BCUT2D eigenvalue weighted by atomic mass is 9.95. The van der Waals surface area contributed by atoms with Crippen molar-refractivity contribution in [2.45, 2.75) is 19.3 Å². The van der Waals surface area contributed by atoms with E-state index in [1.54, 1.807) is 6.07 Å². The summed E-state index contributed by atoms with van der Waals surface area (Å²) >= 11 is 0. The molecule has 0 amide bonds. The number of likely N-dealkylation sites (N-methyl/N-ethyl adjacent to an activating group) is 1. The number of hydrogen-bond donors (Lipinski definition) is 2. The lowest BCUT2D eigenvalue weighted by Gasteiger charge is -2.21. The largest absolute Gasteiger partial charge is 0.504 e. The highest BCUT2D eigenvalue weighted by atomic mass is 16.3. The number of phenols is 2. The minimum Gasteiger partial charge on any atom is -0.504 e. The molecule has 1 unspecified atom stereocenters. The smallest absolute Gasteiger partial charge is 0.161 e. The van der Waals surface area contributed by atoms with Crippen molar-refractivity contribution in [3.8, 4) is 11.5 Å². The fourth-order valence-electron chi connectivity index (χ4n) is 1.77. The summed E-state index contributed by atoms with van der Waals surface area (Å²) in [6.45, 7) is 2.95. The van der Waals surface area contributed by atoms with Crippen LogP contribution in [0.5, 0.6) is 11.5 Å². The van der Waals surface area contributed by atoms with Crippen molar-refractivity contribution in [2.75, 3.05) is 20.6 Å². The van der Waals surface area contributed by atoms with Gasteiger partial charge in [0.2, 0.25) is 0 Å². The first-order chi connectivity index (χ1) is 7.06. The molecule has 0 spiro atoms. The Balaban J connectivity index is 2.96. The molecule has 1 aromatic rings. The lowest BCUT2D eigenvalue weighted by molar-refractivity contribution is 0.353. The maximum Gasteiger partial charge on any atom is 0.161 e. The standard InChI is InChI=1S/C12H19NO2/c1-4-9(8-13(2)3)10-6-5-7-11(14)12(10)15/h5-7,9,14-15H,4,8H2,1-3H3. The number of aromatic hydroxyl groups is 2.